The smallest absolute Gasteiger partial charge is 0.0424 e. The van der Waals surface area contributed by atoms with Crippen LogP contribution >= 0.6 is 0 Å². The Bertz CT molecular complexity index is 1260. The summed E-state index contributed by atoms with van der Waals surface area (Å²) < 4.78 is 0. The fourth-order valence-corrected chi connectivity index (χ4v) is 4.44. The molecule has 0 spiro atoms. The second-order valence-corrected chi connectivity index (χ2v) is 8.69. The molecule has 0 fully saturated rings. The second-order valence-electron chi connectivity index (χ2n) is 8.69. The zero-order valence-electron chi connectivity index (χ0n) is 19.7. The van der Waals surface area contributed by atoms with E-state index in [2.05, 4.69) is 163 Å². The first-order valence-electron chi connectivity index (χ1n) is 12.1. The molecule has 1 heterocycles. The molecule has 0 aliphatic heterocycles. The van der Waals surface area contributed by atoms with Crippen LogP contribution in [0.1, 0.15) is 45.5 Å². The van der Waals surface area contributed by atoms with Crippen LogP contribution in [0.5, 0.6) is 0 Å². The molecule has 1 nitrogen and oxygen atoms in total. The largest absolute Gasteiger partial charge is 0.361 e. The Morgan fingerprint density at radius 3 is 1.11 bits per heavy atom. The molecule has 0 amide bonds. The van der Waals surface area contributed by atoms with E-state index in [0.717, 1.165) is 0 Å². The van der Waals surface area contributed by atoms with Crippen LogP contribution in [-0.4, -0.2) is 4.98 Å². The molecule has 4 aromatic carbocycles. The first kappa shape index (κ1) is 22.4. The van der Waals surface area contributed by atoms with Gasteiger partial charge in [-0.3, -0.25) is 0 Å². The van der Waals surface area contributed by atoms with Crippen molar-refractivity contribution >= 4 is 12.2 Å². The molecule has 1 aromatic heterocycles. The minimum Gasteiger partial charge on any atom is -0.361 e. The summed E-state index contributed by atoms with van der Waals surface area (Å²) in [7, 11) is 0. The van der Waals surface area contributed by atoms with Crippen LogP contribution in [-0.2, 0) is 0 Å². The van der Waals surface area contributed by atoms with Crippen LogP contribution in [0, 0.1) is 0 Å². The highest BCUT2D eigenvalue weighted by Gasteiger charge is 2.17. The van der Waals surface area contributed by atoms with E-state index in [9.17, 15) is 0 Å². The SMILES string of the molecule is C(=C\[C@H](c1ccccc1)c1ccc([C@H](/C=C/c2ccccc2)c2ccccc2)[nH]1)/c1ccccc1. The molecule has 0 radical (unpaired) electrons. The van der Waals surface area contributed by atoms with Crippen molar-refractivity contribution in [1.29, 1.82) is 0 Å². The van der Waals surface area contributed by atoms with Gasteiger partial charge in [0.05, 0.1) is 0 Å². The summed E-state index contributed by atoms with van der Waals surface area (Å²) in [4.78, 5) is 3.78. The lowest BCUT2D eigenvalue weighted by atomic mass is 9.94. The van der Waals surface area contributed by atoms with E-state index in [1.54, 1.807) is 0 Å². The third-order valence-corrected chi connectivity index (χ3v) is 6.28. The molecular weight excluding hydrogens is 422 g/mol. The van der Waals surface area contributed by atoms with E-state index in [1.165, 1.54) is 33.6 Å². The molecule has 5 aromatic rings. The van der Waals surface area contributed by atoms with Gasteiger partial charge in [-0.2, -0.15) is 0 Å². The van der Waals surface area contributed by atoms with Crippen LogP contribution in [0.15, 0.2) is 146 Å². The van der Waals surface area contributed by atoms with Crippen molar-refractivity contribution in [2.24, 2.45) is 0 Å². The van der Waals surface area contributed by atoms with Crippen LogP contribution < -0.4 is 0 Å². The van der Waals surface area contributed by atoms with Gasteiger partial charge in [0.2, 0.25) is 0 Å². The second kappa shape index (κ2) is 11.2. The van der Waals surface area contributed by atoms with Gasteiger partial charge in [0.15, 0.2) is 0 Å². The summed E-state index contributed by atoms with van der Waals surface area (Å²) >= 11 is 0. The van der Waals surface area contributed by atoms with Crippen molar-refractivity contribution in [3.8, 4) is 0 Å². The van der Waals surface area contributed by atoms with Crippen LogP contribution in [0.2, 0.25) is 0 Å². The number of aromatic amines is 1. The lowest BCUT2D eigenvalue weighted by molar-refractivity contribution is 0.918. The quantitative estimate of drug-likeness (QED) is 0.243. The van der Waals surface area contributed by atoms with Gasteiger partial charge in [-0.05, 0) is 34.4 Å². The van der Waals surface area contributed by atoms with Crippen molar-refractivity contribution in [2.45, 2.75) is 11.8 Å². The minimum atomic E-state index is 0.139. The van der Waals surface area contributed by atoms with Crippen molar-refractivity contribution in [1.82, 2.24) is 4.98 Å². The van der Waals surface area contributed by atoms with Gasteiger partial charge < -0.3 is 4.98 Å². The van der Waals surface area contributed by atoms with Crippen molar-refractivity contribution in [3.63, 3.8) is 0 Å². The third-order valence-electron chi connectivity index (χ3n) is 6.28. The van der Waals surface area contributed by atoms with E-state index in [-0.39, 0.29) is 11.8 Å². The summed E-state index contributed by atoms with van der Waals surface area (Å²) in [6, 6.07) is 46.8. The van der Waals surface area contributed by atoms with Crippen LogP contribution in [0.25, 0.3) is 12.2 Å². The zero-order valence-corrected chi connectivity index (χ0v) is 19.7. The Morgan fingerprint density at radius 1 is 0.400 bits per heavy atom. The average Bonchev–Trinajstić information content (AvgIpc) is 3.41. The first-order chi connectivity index (χ1) is 17.4. The fourth-order valence-electron chi connectivity index (χ4n) is 4.44. The van der Waals surface area contributed by atoms with Crippen LogP contribution in [0.4, 0.5) is 0 Å². The Kier molecular flexibility index (Phi) is 7.16. The number of allylic oxidation sites excluding steroid dienone is 2. The van der Waals surface area contributed by atoms with Gasteiger partial charge in [-0.25, -0.2) is 0 Å². The summed E-state index contributed by atoms with van der Waals surface area (Å²) in [5.41, 5.74) is 7.31. The fraction of sp³-hybridized carbons (Fsp3) is 0.0588. The maximum Gasteiger partial charge on any atom is 0.0424 e. The third kappa shape index (κ3) is 5.77. The predicted molar refractivity (Wildman–Crippen MR) is 148 cm³/mol. The van der Waals surface area contributed by atoms with Crippen LogP contribution in [0.3, 0.4) is 0 Å². The molecule has 0 unspecified atom stereocenters. The standard InChI is InChI=1S/C34H29N/c1-5-13-27(14-6-1)21-23-31(29-17-9-3-10-18-29)33-25-26-34(35-33)32(30-19-11-4-12-20-30)24-22-28-15-7-2-8-16-28/h1-26,31-32,35H/b23-21+,24-22+/t31-,32-/m1/s1. The topological polar surface area (TPSA) is 15.8 Å². The van der Waals surface area contributed by atoms with E-state index in [4.69, 9.17) is 0 Å². The van der Waals surface area contributed by atoms with Gasteiger partial charge in [-0.1, -0.05) is 146 Å². The molecule has 0 bridgehead atoms. The van der Waals surface area contributed by atoms with E-state index >= 15 is 0 Å². The number of rotatable bonds is 8. The first-order valence-corrected chi connectivity index (χ1v) is 12.1. The molecule has 35 heavy (non-hydrogen) atoms. The minimum absolute atomic E-state index is 0.139. The highest BCUT2D eigenvalue weighted by Crippen LogP contribution is 2.31. The number of nitrogens with one attached hydrogen (secondary N) is 1. The maximum absolute atomic E-state index is 3.78. The van der Waals surface area contributed by atoms with E-state index in [0.29, 0.717) is 0 Å². The van der Waals surface area contributed by atoms with E-state index in [1.807, 2.05) is 0 Å². The molecule has 2 atom stereocenters. The normalized spacial score (nSPS) is 13.3. The molecule has 1 N–H and O–H groups in total. The maximum atomic E-state index is 3.78. The Morgan fingerprint density at radius 2 is 0.743 bits per heavy atom. The Hall–Kier alpha value is -4.36. The number of aromatic nitrogens is 1. The number of hydrogen-bond donors (Lipinski definition) is 1. The molecule has 0 aliphatic rings. The van der Waals surface area contributed by atoms with Crippen molar-refractivity contribution < 1.29 is 0 Å². The average molecular weight is 452 g/mol. The monoisotopic (exact) mass is 451 g/mol. The van der Waals surface area contributed by atoms with Gasteiger partial charge in [0, 0.05) is 23.2 Å². The Balaban J connectivity index is 1.50. The summed E-state index contributed by atoms with van der Waals surface area (Å²) in [6.45, 7) is 0. The number of hydrogen-bond acceptors (Lipinski definition) is 0. The molecule has 170 valence electrons. The predicted octanol–water partition coefficient (Wildman–Crippen LogP) is 8.71. The lowest BCUT2D eigenvalue weighted by Gasteiger charge is -2.15. The Labute approximate surface area is 208 Å². The van der Waals surface area contributed by atoms with Gasteiger partial charge in [0.25, 0.3) is 0 Å². The van der Waals surface area contributed by atoms with Gasteiger partial charge in [0.1, 0.15) is 0 Å². The highest BCUT2D eigenvalue weighted by molar-refractivity contribution is 5.54. The van der Waals surface area contributed by atoms with Gasteiger partial charge in [-0.15, -0.1) is 0 Å². The summed E-state index contributed by atoms with van der Waals surface area (Å²) in [6.07, 6.45) is 9.00. The van der Waals surface area contributed by atoms with E-state index < -0.39 is 0 Å². The molecule has 0 saturated carbocycles. The molecule has 5 rings (SSSR count). The number of benzene rings is 4. The summed E-state index contributed by atoms with van der Waals surface area (Å²) in [5.74, 6) is 0.277. The molecule has 0 aliphatic carbocycles. The summed E-state index contributed by atoms with van der Waals surface area (Å²) in [5, 5.41) is 0. The molecule has 0 saturated heterocycles. The van der Waals surface area contributed by atoms with Gasteiger partial charge >= 0.3 is 0 Å². The molecular formula is C34H29N. The number of H-pyrrole nitrogens is 1. The van der Waals surface area contributed by atoms with Crippen molar-refractivity contribution in [3.05, 3.63) is 179 Å². The van der Waals surface area contributed by atoms with Crippen molar-refractivity contribution in [2.75, 3.05) is 0 Å². The highest BCUT2D eigenvalue weighted by atomic mass is 14.7. The zero-order chi connectivity index (χ0) is 23.7. The lowest BCUT2D eigenvalue weighted by Crippen LogP contribution is -2.02. The molecule has 1 heteroatoms.